The van der Waals surface area contributed by atoms with E-state index in [0.29, 0.717) is 19.0 Å². The second kappa shape index (κ2) is 6.93. The number of nitrogens with one attached hydrogen (secondary N) is 1. The van der Waals surface area contributed by atoms with Gasteiger partial charge < -0.3 is 10.2 Å². The first-order valence-corrected chi connectivity index (χ1v) is 9.80. The summed E-state index contributed by atoms with van der Waals surface area (Å²) in [5.74, 6) is -0.105. The van der Waals surface area contributed by atoms with Crippen molar-refractivity contribution in [3.8, 4) is 0 Å². The molecule has 2 aliphatic rings. The molecule has 1 N–H and O–H groups in total. The second-order valence-electron chi connectivity index (χ2n) is 8.06. The molecule has 2 aromatic rings. The number of benzene rings is 2. The van der Waals surface area contributed by atoms with Crippen molar-refractivity contribution in [3.63, 3.8) is 0 Å². The number of hydrogen-bond donors (Lipinski definition) is 1. The Morgan fingerprint density at radius 1 is 1.18 bits per heavy atom. The standard InChI is InChI=1S/C22H25N3O3/c1-15-7-6-12-24(13-15)19(26)14-25-20(27)22(2,23-21(25)28)18-11-5-9-16-8-3-4-10-17(16)18/h3-5,8-11,15H,6-7,12-14H2,1-2H3,(H,23,28). The van der Waals surface area contributed by atoms with E-state index in [2.05, 4.69) is 12.2 Å². The highest BCUT2D eigenvalue weighted by Crippen LogP contribution is 2.33. The van der Waals surface area contributed by atoms with Gasteiger partial charge in [0.1, 0.15) is 12.1 Å². The van der Waals surface area contributed by atoms with Crippen LogP contribution < -0.4 is 5.32 Å². The van der Waals surface area contributed by atoms with Crippen molar-refractivity contribution in [1.82, 2.24) is 15.1 Å². The molecule has 0 spiro atoms. The smallest absolute Gasteiger partial charge is 0.325 e. The van der Waals surface area contributed by atoms with Gasteiger partial charge in [-0.3, -0.25) is 14.5 Å². The Kier molecular flexibility index (Phi) is 4.57. The Morgan fingerprint density at radius 2 is 1.93 bits per heavy atom. The highest BCUT2D eigenvalue weighted by molar-refractivity contribution is 6.10. The highest BCUT2D eigenvalue weighted by atomic mass is 16.2. The molecule has 0 bridgehead atoms. The molecule has 0 saturated carbocycles. The molecule has 0 radical (unpaired) electrons. The van der Waals surface area contributed by atoms with Gasteiger partial charge in [0.05, 0.1) is 0 Å². The molecular weight excluding hydrogens is 354 g/mol. The summed E-state index contributed by atoms with van der Waals surface area (Å²) in [4.78, 5) is 41.4. The Labute approximate surface area is 164 Å². The van der Waals surface area contributed by atoms with Gasteiger partial charge in [-0.1, -0.05) is 49.4 Å². The van der Waals surface area contributed by atoms with E-state index in [1.54, 1.807) is 11.8 Å². The van der Waals surface area contributed by atoms with E-state index < -0.39 is 11.6 Å². The number of piperidine rings is 1. The number of amides is 4. The Morgan fingerprint density at radius 3 is 2.71 bits per heavy atom. The minimum absolute atomic E-state index is 0.169. The van der Waals surface area contributed by atoms with Gasteiger partial charge in [-0.15, -0.1) is 0 Å². The van der Waals surface area contributed by atoms with Crippen molar-refractivity contribution < 1.29 is 14.4 Å². The molecule has 2 aromatic carbocycles. The average molecular weight is 379 g/mol. The largest absolute Gasteiger partial charge is 0.341 e. The monoisotopic (exact) mass is 379 g/mol. The molecule has 2 fully saturated rings. The molecule has 6 nitrogen and oxygen atoms in total. The van der Waals surface area contributed by atoms with Gasteiger partial charge in [-0.25, -0.2) is 4.79 Å². The van der Waals surface area contributed by atoms with Crippen LogP contribution in [0.5, 0.6) is 0 Å². The van der Waals surface area contributed by atoms with E-state index >= 15 is 0 Å². The van der Waals surface area contributed by atoms with Gasteiger partial charge in [-0.05, 0) is 42.0 Å². The molecular formula is C22H25N3O3. The summed E-state index contributed by atoms with van der Waals surface area (Å²) in [6, 6.07) is 13.0. The zero-order valence-corrected chi connectivity index (χ0v) is 16.3. The molecule has 2 heterocycles. The third kappa shape index (κ3) is 3.03. The van der Waals surface area contributed by atoms with Crippen LogP contribution in [0.3, 0.4) is 0 Å². The number of rotatable bonds is 3. The van der Waals surface area contributed by atoms with Gasteiger partial charge in [0, 0.05) is 13.1 Å². The number of urea groups is 1. The predicted molar refractivity (Wildman–Crippen MR) is 107 cm³/mol. The van der Waals surface area contributed by atoms with E-state index in [1.165, 1.54) is 0 Å². The Hall–Kier alpha value is -2.89. The van der Waals surface area contributed by atoms with E-state index in [1.807, 2.05) is 42.5 Å². The molecule has 146 valence electrons. The summed E-state index contributed by atoms with van der Waals surface area (Å²) in [5, 5.41) is 4.74. The summed E-state index contributed by atoms with van der Waals surface area (Å²) < 4.78 is 0. The molecule has 2 atom stereocenters. The lowest BCUT2D eigenvalue weighted by Crippen LogP contribution is -2.47. The topological polar surface area (TPSA) is 69.7 Å². The fourth-order valence-electron chi connectivity index (χ4n) is 4.34. The van der Waals surface area contributed by atoms with E-state index in [0.717, 1.165) is 34.1 Å². The minimum atomic E-state index is -1.19. The lowest BCUT2D eigenvalue weighted by molar-refractivity contribution is -0.139. The van der Waals surface area contributed by atoms with Crippen molar-refractivity contribution >= 4 is 28.6 Å². The maximum Gasteiger partial charge on any atom is 0.325 e. The molecule has 6 heteroatoms. The number of carbonyl (C=O) groups is 3. The van der Waals surface area contributed by atoms with Crippen molar-refractivity contribution in [2.24, 2.45) is 5.92 Å². The first-order valence-electron chi connectivity index (χ1n) is 9.80. The second-order valence-corrected chi connectivity index (χ2v) is 8.06. The molecule has 4 rings (SSSR count). The zero-order chi connectivity index (χ0) is 19.9. The van der Waals surface area contributed by atoms with Crippen LogP contribution in [0.2, 0.25) is 0 Å². The van der Waals surface area contributed by atoms with Gasteiger partial charge in [0.15, 0.2) is 0 Å². The van der Waals surface area contributed by atoms with E-state index in [9.17, 15) is 14.4 Å². The first kappa shape index (κ1) is 18.5. The fraction of sp³-hybridized carbons (Fsp3) is 0.409. The van der Waals surface area contributed by atoms with Gasteiger partial charge >= 0.3 is 6.03 Å². The number of nitrogens with zero attached hydrogens (tertiary/aromatic N) is 2. The SMILES string of the molecule is CC1CCCN(C(=O)CN2C(=O)NC(C)(c3cccc4ccccc34)C2=O)C1. The normalized spacial score (nSPS) is 25.3. The van der Waals surface area contributed by atoms with Gasteiger partial charge in [0.2, 0.25) is 5.91 Å². The van der Waals surface area contributed by atoms with Crippen LogP contribution in [0, 0.1) is 5.92 Å². The first-order chi connectivity index (χ1) is 13.4. The van der Waals surface area contributed by atoms with Crippen LogP contribution in [0.15, 0.2) is 42.5 Å². The summed E-state index contributed by atoms with van der Waals surface area (Å²) in [6.45, 7) is 4.99. The summed E-state index contributed by atoms with van der Waals surface area (Å²) in [5.41, 5.74) is -0.446. The number of fused-ring (bicyclic) bond motifs is 1. The Balaban J connectivity index is 1.60. The molecule has 2 saturated heterocycles. The number of hydrogen-bond acceptors (Lipinski definition) is 3. The quantitative estimate of drug-likeness (QED) is 0.834. The van der Waals surface area contributed by atoms with Crippen molar-refractivity contribution in [2.45, 2.75) is 32.2 Å². The predicted octanol–water partition coefficient (Wildman–Crippen LogP) is 2.87. The van der Waals surface area contributed by atoms with E-state index in [-0.39, 0.29) is 18.4 Å². The lowest BCUT2D eigenvalue weighted by atomic mass is 9.88. The van der Waals surface area contributed by atoms with Crippen LogP contribution in [0.1, 0.15) is 32.3 Å². The van der Waals surface area contributed by atoms with Crippen molar-refractivity contribution in [1.29, 1.82) is 0 Å². The number of carbonyl (C=O) groups excluding carboxylic acids is 3. The van der Waals surface area contributed by atoms with Gasteiger partial charge in [-0.2, -0.15) is 0 Å². The average Bonchev–Trinajstić information content (AvgIpc) is 2.91. The number of likely N-dealkylation sites (tertiary alicyclic amines) is 1. The third-order valence-electron chi connectivity index (χ3n) is 5.91. The van der Waals surface area contributed by atoms with Crippen LogP contribution in [-0.4, -0.2) is 47.3 Å². The van der Waals surface area contributed by atoms with Crippen molar-refractivity contribution in [2.75, 3.05) is 19.6 Å². The summed E-state index contributed by atoms with van der Waals surface area (Å²) in [7, 11) is 0. The molecule has 2 unspecified atom stereocenters. The molecule has 0 aromatic heterocycles. The summed E-state index contributed by atoms with van der Waals surface area (Å²) >= 11 is 0. The fourth-order valence-corrected chi connectivity index (χ4v) is 4.34. The van der Waals surface area contributed by atoms with Crippen molar-refractivity contribution in [3.05, 3.63) is 48.0 Å². The van der Waals surface area contributed by atoms with Crippen LogP contribution >= 0.6 is 0 Å². The van der Waals surface area contributed by atoms with Crippen LogP contribution in [-0.2, 0) is 15.1 Å². The Bertz CT molecular complexity index is 952. The van der Waals surface area contributed by atoms with Crippen LogP contribution in [0.4, 0.5) is 4.79 Å². The molecule has 2 aliphatic heterocycles. The molecule has 0 aliphatic carbocycles. The minimum Gasteiger partial charge on any atom is -0.341 e. The molecule has 28 heavy (non-hydrogen) atoms. The lowest BCUT2D eigenvalue weighted by Gasteiger charge is -2.32. The van der Waals surface area contributed by atoms with E-state index in [4.69, 9.17) is 0 Å². The highest BCUT2D eigenvalue weighted by Gasteiger charge is 2.50. The maximum absolute atomic E-state index is 13.2. The zero-order valence-electron chi connectivity index (χ0n) is 16.3. The summed E-state index contributed by atoms with van der Waals surface area (Å²) in [6.07, 6.45) is 2.06. The third-order valence-corrected chi connectivity index (χ3v) is 5.91. The maximum atomic E-state index is 13.2. The number of imide groups is 1. The van der Waals surface area contributed by atoms with Gasteiger partial charge in [0.25, 0.3) is 5.91 Å². The molecule has 4 amide bonds. The van der Waals surface area contributed by atoms with Crippen LogP contribution in [0.25, 0.3) is 10.8 Å².